The minimum Gasteiger partial charge on any atom is -0.482 e. The van der Waals surface area contributed by atoms with Crippen LogP contribution in [0.2, 0.25) is 10.0 Å². The van der Waals surface area contributed by atoms with Crippen molar-refractivity contribution in [2.45, 2.75) is 26.0 Å². The summed E-state index contributed by atoms with van der Waals surface area (Å²) in [4.78, 5) is 7.71. The van der Waals surface area contributed by atoms with Crippen molar-refractivity contribution < 1.29 is 17.5 Å². The number of hydrogen-bond donors (Lipinski definition) is 2. The maximum atomic E-state index is 14.0. The van der Waals surface area contributed by atoms with E-state index >= 15 is 0 Å². The third-order valence-electron chi connectivity index (χ3n) is 6.41. The van der Waals surface area contributed by atoms with Crippen molar-refractivity contribution in [2.24, 2.45) is 0 Å². The highest BCUT2D eigenvalue weighted by Crippen LogP contribution is 2.38. The summed E-state index contributed by atoms with van der Waals surface area (Å²) in [7, 11) is -3.27. The molecule has 0 amide bonds. The molecule has 4 aromatic rings. The average Bonchev–Trinajstić information content (AvgIpc) is 3.19. The molecule has 3 heterocycles. The number of halogens is 3. The Morgan fingerprint density at radius 3 is 2.72 bits per heavy atom. The lowest BCUT2D eigenvalue weighted by molar-refractivity contribution is 0.227. The molecule has 3 N–H and O–H groups in total. The van der Waals surface area contributed by atoms with Crippen LogP contribution in [0.15, 0.2) is 42.6 Å². The number of anilines is 1. The van der Waals surface area contributed by atoms with Crippen molar-refractivity contribution in [1.82, 2.24) is 14.3 Å². The third kappa shape index (κ3) is 4.52. The zero-order valence-corrected chi connectivity index (χ0v) is 21.8. The molecule has 0 fully saturated rings. The molecule has 36 heavy (non-hydrogen) atoms. The van der Waals surface area contributed by atoms with Crippen molar-refractivity contribution in [3.8, 4) is 16.9 Å². The molecule has 0 spiro atoms. The van der Waals surface area contributed by atoms with E-state index in [1.54, 1.807) is 19.2 Å². The molecule has 7 nitrogen and oxygen atoms in total. The fraction of sp³-hybridized carbons (Fsp3) is 0.240. The van der Waals surface area contributed by atoms with Gasteiger partial charge in [0, 0.05) is 58.5 Å². The molecular formula is C25H23Cl2FN4O3S. The van der Waals surface area contributed by atoms with Crippen molar-refractivity contribution in [2.75, 3.05) is 18.5 Å². The fourth-order valence-electron chi connectivity index (χ4n) is 4.53. The Bertz CT molecular complexity index is 1610. The Hall–Kier alpha value is -2.85. The highest BCUT2D eigenvalue weighted by atomic mass is 35.5. The second-order valence-corrected chi connectivity index (χ2v) is 11.6. The molecule has 0 bridgehead atoms. The van der Waals surface area contributed by atoms with Gasteiger partial charge in [-0.05, 0) is 42.3 Å². The van der Waals surface area contributed by atoms with Gasteiger partial charge in [0.1, 0.15) is 11.9 Å². The van der Waals surface area contributed by atoms with Gasteiger partial charge in [0.2, 0.25) is 10.0 Å². The van der Waals surface area contributed by atoms with Crippen LogP contribution in [0, 0.1) is 5.82 Å². The molecule has 0 saturated heterocycles. The van der Waals surface area contributed by atoms with E-state index in [1.165, 1.54) is 22.7 Å². The Balaban J connectivity index is 1.47. The average molecular weight is 549 g/mol. The lowest BCUT2D eigenvalue weighted by Gasteiger charge is -2.24. The van der Waals surface area contributed by atoms with E-state index in [1.807, 2.05) is 18.2 Å². The van der Waals surface area contributed by atoms with Gasteiger partial charge in [0.05, 0.1) is 11.3 Å². The van der Waals surface area contributed by atoms with Gasteiger partial charge in [-0.3, -0.25) is 0 Å². The first-order valence-corrected chi connectivity index (χ1v) is 13.8. The molecule has 5 rings (SSSR count). The predicted octanol–water partition coefficient (Wildman–Crippen LogP) is 5.72. The number of nitrogens with two attached hydrogens (primary N) is 1. The molecule has 1 atom stereocenters. The number of pyridine rings is 1. The van der Waals surface area contributed by atoms with Crippen LogP contribution < -0.4 is 10.5 Å². The third-order valence-corrected chi connectivity index (χ3v) is 8.38. The van der Waals surface area contributed by atoms with Gasteiger partial charge in [0.15, 0.2) is 11.6 Å². The maximum absolute atomic E-state index is 14.0. The summed E-state index contributed by atoms with van der Waals surface area (Å²) in [6, 6.07) is 10.3. The predicted molar refractivity (Wildman–Crippen MR) is 140 cm³/mol. The summed E-state index contributed by atoms with van der Waals surface area (Å²) < 4.78 is 45.6. The van der Waals surface area contributed by atoms with Crippen molar-refractivity contribution in [3.63, 3.8) is 0 Å². The van der Waals surface area contributed by atoms with Crippen LogP contribution in [0.4, 0.5) is 10.2 Å². The van der Waals surface area contributed by atoms with E-state index in [-0.39, 0.29) is 15.9 Å². The van der Waals surface area contributed by atoms with Crippen LogP contribution in [0.25, 0.3) is 22.0 Å². The van der Waals surface area contributed by atoms with Gasteiger partial charge in [-0.2, -0.15) is 4.31 Å². The number of fused-ring (bicyclic) bond motifs is 3. The number of aromatic amines is 1. The number of nitrogen functional groups attached to an aromatic ring is 1. The lowest BCUT2D eigenvalue weighted by Crippen LogP contribution is -2.34. The maximum Gasteiger partial charge on any atom is 0.211 e. The van der Waals surface area contributed by atoms with E-state index in [9.17, 15) is 12.8 Å². The number of rotatable bonds is 5. The van der Waals surface area contributed by atoms with E-state index in [2.05, 4.69) is 9.97 Å². The van der Waals surface area contributed by atoms with E-state index in [4.69, 9.17) is 33.7 Å². The molecule has 1 aliphatic rings. The Labute approximate surface area is 218 Å². The number of hydrogen-bond acceptors (Lipinski definition) is 5. The number of sulfonamides is 1. The van der Waals surface area contributed by atoms with Crippen LogP contribution >= 0.6 is 23.2 Å². The Morgan fingerprint density at radius 1 is 1.19 bits per heavy atom. The van der Waals surface area contributed by atoms with Gasteiger partial charge >= 0.3 is 0 Å². The number of benzene rings is 2. The second kappa shape index (κ2) is 9.23. The first-order valence-electron chi connectivity index (χ1n) is 11.2. The molecule has 0 unspecified atom stereocenters. The van der Waals surface area contributed by atoms with Crippen LogP contribution in [-0.4, -0.2) is 35.5 Å². The number of nitrogens with zero attached hydrogens (tertiary/aromatic N) is 2. The highest BCUT2D eigenvalue weighted by molar-refractivity contribution is 7.88. The van der Waals surface area contributed by atoms with Crippen molar-refractivity contribution in [1.29, 1.82) is 0 Å². The molecule has 11 heteroatoms. The molecule has 188 valence electrons. The van der Waals surface area contributed by atoms with Crippen molar-refractivity contribution >= 4 is 49.9 Å². The largest absolute Gasteiger partial charge is 0.482 e. The number of aromatic nitrogens is 2. The van der Waals surface area contributed by atoms with Gasteiger partial charge in [0.25, 0.3) is 0 Å². The number of nitrogens with one attached hydrogen (secondary N) is 1. The molecule has 2 aromatic heterocycles. The van der Waals surface area contributed by atoms with Crippen LogP contribution in [0.1, 0.15) is 29.8 Å². The first kappa shape index (κ1) is 24.8. The fourth-order valence-corrected chi connectivity index (χ4v) is 6.00. The summed E-state index contributed by atoms with van der Waals surface area (Å²) in [5.74, 6) is -0.106. The summed E-state index contributed by atoms with van der Waals surface area (Å²) >= 11 is 12.4. The summed E-state index contributed by atoms with van der Waals surface area (Å²) in [5, 5.41) is 1.16. The Kier molecular flexibility index (Phi) is 6.36. The second-order valence-electron chi connectivity index (χ2n) is 8.81. The number of ether oxygens (including phenoxy) is 1. The van der Waals surface area contributed by atoms with E-state index < -0.39 is 21.9 Å². The van der Waals surface area contributed by atoms with Gasteiger partial charge < -0.3 is 15.5 Å². The van der Waals surface area contributed by atoms with E-state index in [0.717, 1.165) is 33.3 Å². The summed E-state index contributed by atoms with van der Waals surface area (Å²) in [5.41, 5.74) is 11.0. The van der Waals surface area contributed by atoms with Crippen LogP contribution in [-0.2, 0) is 23.0 Å². The lowest BCUT2D eigenvalue weighted by atomic mass is 10.0. The summed E-state index contributed by atoms with van der Waals surface area (Å²) in [6.07, 6.45) is 2.81. The van der Waals surface area contributed by atoms with Gasteiger partial charge in [-0.25, -0.2) is 17.8 Å². The topological polar surface area (TPSA) is 101 Å². The van der Waals surface area contributed by atoms with Gasteiger partial charge in [-0.15, -0.1) is 0 Å². The molecule has 0 aliphatic carbocycles. The van der Waals surface area contributed by atoms with Crippen LogP contribution in [0.3, 0.4) is 0 Å². The first-order chi connectivity index (χ1) is 17.0. The zero-order chi connectivity index (χ0) is 25.8. The molecular weight excluding hydrogens is 526 g/mol. The number of H-pyrrole nitrogens is 1. The van der Waals surface area contributed by atoms with E-state index in [0.29, 0.717) is 30.8 Å². The summed E-state index contributed by atoms with van der Waals surface area (Å²) in [6.45, 7) is 2.50. The SMILES string of the molecule is C[C@@H](Oc1cc(-c2ccc3c4c([nH]c3c2)CCN(S(C)(=O)=O)C4)cnc1N)c1c(Cl)ccc(F)c1Cl. The minimum absolute atomic E-state index is 0.103. The monoisotopic (exact) mass is 548 g/mol. The Morgan fingerprint density at radius 2 is 1.97 bits per heavy atom. The molecule has 2 aromatic carbocycles. The van der Waals surface area contributed by atoms with Crippen LogP contribution in [0.5, 0.6) is 5.75 Å². The smallest absolute Gasteiger partial charge is 0.211 e. The quantitative estimate of drug-likeness (QED) is 0.311. The molecule has 0 radical (unpaired) electrons. The standard InChI is InChI=1S/C25H23Cl2FN4O3S/c1-13(23-18(26)5-6-19(28)24(23)27)35-22-10-15(11-30-25(22)29)14-3-4-16-17-12-32(36(2,33)34)8-7-20(17)31-21(16)9-14/h3-6,9-11,13,31H,7-8,12H2,1-2H3,(H2,29,30)/t13-/m1/s1. The van der Waals surface area contributed by atoms with Crippen molar-refractivity contribution in [3.05, 3.63) is 75.3 Å². The highest BCUT2D eigenvalue weighted by Gasteiger charge is 2.26. The minimum atomic E-state index is -3.27. The zero-order valence-electron chi connectivity index (χ0n) is 19.5. The normalized spacial score (nSPS) is 15.1. The van der Waals surface area contributed by atoms with Gasteiger partial charge in [-0.1, -0.05) is 35.3 Å². The molecule has 0 saturated carbocycles. The molecule has 1 aliphatic heterocycles.